The molecular formula is C17H24N2O2. The molecule has 1 aromatic rings. The van der Waals surface area contributed by atoms with Gasteiger partial charge in [0.15, 0.2) is 0 Å². The number of nitrogens with zero attached hydrogens (tertiary/aromatic N) is 2. The lowest BCUT2D eigenvalue weighted by Gasteiger charge is -2.29. The minimum absolute atomic E-state index is 0.0547. The van der Waals surface area contributed by atoms with Gasteiger partial charge in [-0.25, -0.2) is 0 Å². The van der Waals surface area contributed by atoms with Crippen LogP contribution in [0.15, 0.2) is 24.3 Å². The van der Waals surface area contributed by atoms with Crippen LogP contribution in [-0.2, 0) is 16.1 Å². The van der Waals surface area contributed by atoms with Gasteiger partial charge in [-0.3, -0.25) is 9.59 Å². The SMILES string of the molecule is CC(=O)N(CC(=O)N1CCCCC1)Cc1ccc(C)cc1. The first kappa shape index (κ1) is 15.5. The molecule has 0 N–H and O–H groups in total. The predicted octanol–water partition coefficient (Wildman–Crippen LogP) is 2.36. The van der Waals surface area contributed by atoms with Gasteiger partial charge >= 0.3 is 0 Å². The highest BCUT2D eigenvalue weighted by Crippen LogP contribution is 2.11. The van der Waals surface area contributed by atoms with Crippen LogP contribution in [0.2, 0.25) is 0 Å². The third-order valence-electron chi connectivity index (χ3n) is 3.97. The Morgan fingerprint density at radius 1 is 1.10 bits per heavy atom. The molecule has 0 saturated carbocycles. The Kier molecular flexibility index (Phi) is 5.37. The molecule has 21 heavy (non-hydrogen) atoms. The van der Waals surface area contributed by atoms with Gasteiger partial charge < -0.3 is 9.80 Å². The van der Waals surface area contributed by atoms with Crippen molar-refractivity contribution in [1.82, 2.24) is 9.80 Å². The Morgan fingerprint density at radius 2 is 1.71 bits per heavy atom. The van der Waals surface area contributed by atoms with Crippen LogP contribution >= 0.6 is 0 Å². The average molecular weight is 288 g/mol. The maximum Gasteiger partial charge on any atom is 0.242 e. The Bertz CT molecular complexity index is 490. The van der Waals surface area contributed by atoms with Crippen molar-refractivity contribution in [3.05, 3.63) is 35.4 Å². The van der Waals surface area contributed by atoms with Gasteiger partial charge in [0.2, 0.25) is 11.8 Å². The van der Waals surface area contributed by atoms with Gasteiger partial charge in [-0.05, 0) is 31.7 Å². The molecule has 4 nitrogen and oxygen atoms in total. The summed E-state index contributed by atoms with van der Waals surface area (Å²) >= 11 is 0. The standard InChI is InChI=1S/C17H24N2O2/c1-14-6-8-16(9-7-14)12-19(15(2)20)13-17(21)18-10-4-3-5-11-18/h6-9H,3-5,10-13H2,1-2H3. The fourth-order valence-electron chi connectivity index (χ4n) is 2.60. The van der Waals surface area contributed by atoms with E-state index in [1.165, 1.54) is 18.9 Å². The smallest absolute Gasteiger partial charge is 0.242 e. The van der Waals surface area contributed by atoms with E-state index in [2.05, 4.69) is 0 Å². The summed E-state index contributed by atoms with van der Waals surface area (Å²) in [5.41, 5.74) is 2.25. The molecule has 1 aromatic carbocycles. The highest BCUT2D eigenvalue weighted by molar-refractivity contribution is 5.83. The van der Waals surface area contributed by atoms with Crippen LogP contribution in [0.3, 0.4) is 0 Å². The van der Waals surface area contributed by atoms with Crippen LogP contribution in [0.1, 0.15) is 37.3 Å². The molecule has 0 aromatic heterocycles. The quantitative estimate of drug-likeness (QED) is 0.853. The fourth-order valence-corrected chi connectivity index (χ4v) is 2.60. The molecule has 2 rings (SSSR count). The highest BCUT2D eigenvalue weighted by Gasteiger charge is 2.20. The Morgan fingerprint density at radius 3 is 2.29 bits per heavy atom. The molecule has 1 fully saturated rings. The highest BCUT2D eigenvalue weighted by atomic mass is 16.2. The van der Waals surface area contributed by atoms with Crippen molar-refractivity contribution in [2.24, 2.45) is 0 Å². The van der Waals surface area contributed by atoms with Crippen LogP contribution in [-0.4, -0.2) is 41.2 Å². The predicted molar refractivity (Wildman–Crippen MR) is 82.7 cm³/mol. The number of rotatable bonds is 4. The van der Waals surface area contributed by atoms with Gasteiger partial charge in [0, 0.05) is 26.6 Å². The molecule has 114 valence electrons. The molecule has 4 heteroatoms. The number of carbonyl (C=O) groups excluding carboxylic acids is 2. The number of likely N-dealkylation sites (tertiary alicyclic amines) is 1. The summed E-state index contributed by atoms with van der Waals surface area (Å²) in [5, 5.41) is 0. The van der Waals surface area contributed by atoms with E-state index in [1.807, 2.05) is 36.1 Å². The monoisotopic (exact) mass is 288 g/mol. The first-order chi connectivity index (χ1) is 10.1. The van der Waals surface area contributed by atoms with E-state index in [1.54, 1.807) is 4.90 Å². The topological polar surface area (TPSA) is 40.6 Å². The van der Waals surface area contributed by atoms with E-state index in [9.17, 15) is 9.59 Å². The number of piperidine rings is 1. The summed E-state index contributed by atoms with van der Waals surface area (Å²) in [5.74, 6) is 0.0120. The van der Waals surface area contributed by atoms with Crippen molar-refractivity contribution < 1.29 is 9.59 Å². The van der Waals surface area contributed by atoms with Crippen LogP contribution in [0.5, 0.6) is 0 Å². The minimum Gasteiger partial charge on any atom is -0.341 e. The minimum atomic E-state index is -0.0547. The molecule has 0 atom stereocenters. The fraction of sp³-hybridized carbons (Fsp3) is 0.529. The van der Waals surface area contributed by atoms with E-state index < -0.39 is 0 Å². The summed E-state index contributed by atoms with van der Waals surface area (Å²) in [4.78, 5) is 27.6. The molecule has 1 saturated heterocycles. The molecule has 1 heterocycles. The number of hydrogen-bond acceptors (Lipinski definition) is 2. The summed E-state index contributed by atoms with van der Waals surface area (Å²) in [6, 6.07) is 8.08. The second kappa shape index (κ2) is 7.25. The average Bonchev–Trinajstić information content (AvgIpc) is 2.49. The number of amides is 2. The van der Waals surface area contributed by atoms with Crippen LogP contribution in [0.25, 0.3) is 0 Å². The number of aryl methyl sites for hydroxylation is 1. The largest absolute Gasteiger partial charge is 0.341 e. The zero-order valence-corrected chi connectivity index (χ0v) is 13.0. The lowest BCUT2D eigenvalue weighted by molar-refractivity contribution is -0.140. The van der Waals surface area contributed by atoms with Gasteiger partial charge in [-0.2, -0.15) is 0 Å². The van der Waals surface area contributed by atoms with Crippen molar-refractivity contribution in [3.8, 4) is 0 Å². The summed E-state index contributed by atoms with van der Waals surface area (Å²) < 4.78 is 0. The van der Waals surface area contributed by atoms with Crippen LogP contribution < -0.4 is 0 Å². The summed E-state index contributed by atoms with van der Waals surface area (Å²) in [6.07, 6.45) is 3.34. The maximum absolute atomic E-state index is 12.3. The number of hydrogen-bond donors (Lipinski definition) is 0. The zero-order valence-electron chi connectivity index (χ0n) is 13.0. The Labute approximate surface area is 126 Å². The lowest BCUT2D eigenvalue weighted by atomic mass is 10.1. The molecule has 0 unspecified atom stereocenters. The third kappa shape index (κ3) is 4.59. The van der Waals surface area contributed by atoms with E-state index in [-0.39, 0.29) is 18.4 Å². The Balaban J connectivity index is 1.96. The number of carbonyl (C=O) groups is 2. The van der Waals surface area contributed by atoms with Gasteiger partial charge in [0.1, 0.15) is 6.54 Å². The molecule has 1 aliphatic heterocycles. The van der Waals surface area contributed by atoms with E-state index >= 15 is 0 Å². The first-order valence-corrected chi connectivity index (χ1v) is 7.65. The maximum atomic E-state index is 12.3. The molecule has 0 aliphatic carbocycles. The van der Waals surface area contributed by atoms with Crippen molar-refractivity contribution in [2.45, 2.75) is 39.7 Å². The second-order valence-corrected chi connectivity index (χ2v) is 5.80. The van der Waals surface area contributed by atoms with Crippen molar-refractivity contribution in [3.63, 3.8) is 0 Å². The van der Waals surface area contributed by atoms with E-state index in [4.69, 9.17) is 0 Å². The van der Waals surface area contributed by atoms with Gasteiger partial charge in [-0.1, -0.05) is 29.8 Å². The third-order valence-corrected chi connectivity index (χ3v) is 3.97. The second-order valence-electron chi connectivity index (χ2n) is 5.80. The Hall–Kier alpha value is -1.84. The van der Waals surface area contributed by atoms with E-state index in [0.717, 1.165) is 31.5 Å². The lowest BCUT2D eigenvalue weighted by Crippen LogP contribution is -2.43. The van der Waals surface area contributed by atoms with Crippen molar-refractivity contribution >= 4 is 11.8 Å². The van der Waals surface area contributed by atoms with E-state index in [0.29, 0.717) is 6.54 Å². The molecule has 0 radical (unpaired) electrons. The summed E-state index contributed by atoms with van der Waals surface area (Å²) in [7, 11) is 0. The molecule has 1 aliphatic rings. The van der Waals surface area contributed by atoms with Gasteiger partial charge in [0.25, 0.3) is 0 Å². The van der Waals surface area contributed by atoms with Crippen molar-refractivity contribution in [1.29, 1.82) is 0 Å². The molecule has 0 bridgehead atoms. The molecule has 2 amide bonds. The first-order valence-electron chi connectivity index (χ1n) is 7.65. The summed E-state index contributed by atoms with van der Waals surface area (Å²) in [6.45, 7) is 5.90. The van der Waals surface area contributed by atoms with Crippen LogP contribution in [0, 0.1) is 6.92 Å². The number of benzene rings is 1. The normalized spacial score (nSPS) is 14.9. The molecule has 0 spiro atoms. The van der Waals surface area contributed by atoms with Crippen molar-refractivity contribution in [2.75, 3.05) is 19.6 Å². The van der Waals surface area contributed by atoms with Gasteiger partial charge in [-0.15, -0.1) is 0 Å². The zero-order chi connectivity index (χ0) is 15.2. The van der Waals surface area contributed by atoms with Gasteiger partial charge in [0.05, 0.1) is 0 Å². The van der Waals surface area contributed by atoms with Crippen LogP contribution in [0.4, 0.5) is 0 Å². The molecular weight excluding hydrogens is 264 g/mol.